The zero-order valence-corrected chi connectivity index (χ0v) is 12.1. The van der Waals surface area contributed by atoms with Crippen molar-refractivity contribution in [1.82, 2.24) is 9.97 Å². The van der Waals surface area contributed by atoms with Gasteiger partial charge in [-0.15, -0.1) is 0 Å². The van der Waals surface area contributed by atoms with E-state index >= 15 is 0 Å². The summed E-state index contributed by atoms with van der Waals surface area (Å²) in [6.07, 6.45) is 1.24. The molecule has 0 spiro atoms. The number of nitro groups is 1. The summed E-state index contributed by atoms with van der Waals surface area (Å²) in [6, 6.07) is 5.65. The Morgan fingerprint density at radius 2 is 2.10 bits per heavy atom. The highest BCUT2D eigenvalue weighted by Gasteiger charge is 2.25. The van der Waals surface area contributed by atoms with Gasteiger partial charge in [-0.3, -0.25) is 10.1 Å². The normalized spacial score (nSPS) is 10.2. The van der Waals surface area contributed by atoms with Crippen LogP contribution in [0.25, 0.3) is 0 Å². The van der Waals surface area contributed by atoms with Crippen molar-refractivity contribution in [3.05, 3.63) is 45.8 Å². The Labute approximate surface area is 122 Å². The third-order valence-electron chi connectivity index (χ3n) is 2.87. The summed E-state index contributed by atoms with van der Waals surface area (Å²) in [6.45, 7) is 6.13. The summed E-state index contributed by atoms with van der Waals surface area (Å²) in [4.78, 5) is 18.5. The van der Waals surface area contributed by atoms with Gasteiger partial charge in [0.2, 0.25) is 5.82 Å². The first-order valence-corrected chi connectivity index (χ1v) is 6.51. The molecule has 2 aromatic rings. The van der Waals surface area contributed by atoms with Gasteiger partial charge in [-0.25, -0.2) is 4.98 Å². The number of aromatic nitrogens is 2. The Kier molecular flexibility index (Phi) is 4.32. The number of ether oxygens (including phenoxy) is 1. The van der Waals surface area contributed by atoms with Crippen molar-refractivity contribution in [1.29, 1.82) is 0 Å². The van der Waals surface area contributed by atoms with Gasteiger partial charge in [-0.05, 0) is 38.0 Å². The second-order valence-electron chi connectivity index (χ2n) is 4.53. The summed E-state index contributed by atoms with van der Waals surface area (Å²) < 4.78 is 5.64. The maximum atomic E-state index is 11.3. The van der Waals surface area contributed by atoms with Crippen molar-refractivity contribution in [2.24, 2.45) is 0 Å². The van der Waals surface area contributed by atoms with E-state index in [-0.39, 0.29) is 17.4 Å². The number of anilines is 1. The number of rotatable bonds is 5. The van der Waals surface area contributed by atoms with Crippen LogP contribution in [-0.4, -0.2) is 21.4 Å². The number of benzene rings is 1. The zero-order valence-electron chi connectivity index (χ0n) is 12.1. The van der Waals surface area contributed by atoms with Gasteiger partial charge in [-0.1, -0.05) is 12.1 Å². The van der Waals surface area contributed by atoms with Crippen molar-refractivity contribution in [2.75, 3.05) is 11.9 Å². The highest BCUT2D eigenvalue weighted by Crippen LogP contribution is 2.35. The summed E-state index contributed by atoms with van der Waals surface area (Å²) in [5.74, 6) is 0.622. The number of hydrogen-bond donors (Lipinski definition) is 1. The van der Waals surface area contributed by atoms with Crippen LogP contribution in [0.15, 0.2) is 24.5 Å². The number of nitrogens with one attached hydrogen (secondary N) is 1. The first kappa shape index (κ1) is 14.7. The maximum Gasteiger partial charge on any atom is 0.373 e. The van der Waals surface area contributed by atoms with Gasteiger partial charge in [0.15, 0.2) is 0 Å². The molecule has 0 saturated carbocycles. The molecule has 0 aliphatic heterocycles. The molecule has 1 aromatic carbocycles. The fourth-order valence-electron chi connectivity index (χ4n) is 1.82. The first-order valence-electron chi connectivity index (χ1n) is 6.51. The van der Waals surface area contributed by atoms with Gasteiger partial charge in [0.05, 0.1) is 4.92 Å². The van der Waals surface area contributed by atoms with Crippen LogP contribution < -0.4 is 10.1 Å². The van der Waals surface area contributed by atoms with Crippen molar-refractivity contribution in [2.45, 2.75) is 20.8 Å². The molecule has 0 atom stereocenters. The summed E-state index contributed by atoms with van der Waals surface area (Å²) in [5.41, 5.74) is 1.61. The molecular weight excluding hydrogens is 272 g/mol. The minimum absolute atomic E-state index is 0.0698. The third kappa shape index (κ3) is 3.25. The SMILES string of the molecule is CCNc1ncnc(Oc2cc(C)ccc2C)c1[N+](=O)[O-]. The predicted octanol–water partition coefficient (Wildman–Crippen LogP) is 3.23. The summed E-state index contributed by atoms with van der Waals surface area (Å²) >= 11 is 0. The van der Waals surface area contributed by atoms with Gasteiger partial charge in [0.1, 0.15) is 12.1 Å². The molecule has 0 radical (unpaired) electrons. The van der Waals surface area contributed by atoms with Crippen molar-refractivity contribution in [3.8, 4) is 11.6 Å². The van der Waals surface area contributed by atoms with E-state index in [0.29, 0.717) is 12.3 Å². The third-order valence-corrected chi connectivity index (χ3v) is 2.87. The molecule has 7 heteroatoms. The Bertz CT molecular complexity index is 673. The Morgan fingerprint density at radius 3 is 2.76 bits per heavy atom. The van der Waals surface area contributed by atoms with E-state index in [4.69, 9.17) is 4.74 Å². The van der Waals surface area contributed by atoms with E-state index in [9.17, 15) is 10.1 Å². The molecule has 1 aromatic heterocycles. The lowest BCUT2D eigenvalue weighted by atomic mass is 10.1. The van der Waals surface area contributed by atoms with E-state index in [1.807, 2.05) is 39.0 Å². The second kappa shape index (κ2) is 6.17. The van der Waals surface area contributed by atoms with E-state index in [0.717, 1.165) is 11.1 Å². The van der Waals surface area contributed by atoms with Crippen LogP contribution in [0.2, 0.25) is 0 Å². The quantitative estimate of drug-likeness (QED) is 0.671. The Hall–Kier alpha value is -2.70. The van der Waals surface area contributed by atoms with Crippen LogP contribution in [0.1, 0.15) is 18.1 Å². The van der Waals surface area contributed by atoms with Crippen LogP contribution in [0.3, 0.4) is 0 Å². The van der Waals surface area contributed by atoms with E-state index in [1.165, 1.54) is 6.33 Å². The number of aryl methyl sites for hydroxylation is 2. The molecule has 0 aliphatic rings. The largest absolute Gasteiger partial charge is 0.433 e. The zero-order chi connectivity index (χ0) is 15.4. The molecule has 0 amide bonds. The van der Waals surface area contributed by atoms with Crippen molar-refractivity contribution >= 4 is 11.5 Å². The first-order chi connectivity index (χ1) is 10.0. The molecule has 0 saturated heterocycles. The average molecular weight is 288 g/mol. The fourth-order valence-corrected chi connectivity index (χ4v) is 1.82. The minimum Gasteiger partial charge on any atom is -0.433 e. The molecule has 1 heterocycles. The smallest absolute Gasteiger partial charge is 0.373 e. The molecular formula is C14H16N4O3. The highest BCUT2D eigenvalue weighted by molar-refractivity contribution is 5.62. The van der Waals surface area contributed by atoms with Crippen LogP contribution in [-0.2, 0) is 0 Å². The monoisotopic (exact) mass is 288 g/mol. The van der Waals surface area contributed by atoms with E-state index in [1.54, 1.807) is 0 Å². The Morgan fingerprint density at radius 1 is 1.33 bits per heavy atom. The molecule has 7 nitrogen and oxygen atoms in total. The number of nitrogens with zero attached hydrogens (tertiary/aromatic N) is 3. The van der Waals surface area contributed by atoms with Gasteiger partial charge < -0.3 is 10.1 Å². The van der Waals surface area contributed by atoms with Crippen LogP contribution in [0.4, 0.5) is 11.5 Å². The van der Waals surface area contributed by atoms with Crippen molar-refractivity contribution in [3.63, 3.8) is 0 Å². The lowest BCUT2D eigenvalue weighted by molar-refractivity contribution is -0.385. The lowest BCUT2D eigenvalue weighted by Gasteiger charge is -2.10. The predicted molar refractivity (Wildman–Crippen MR) is 78.8 cm³/mol. The molecule has 110 valence electrons. The van der Waals surface area contributed by atoms with Crippen LogP contribution in [0.5, 0.6) is 11.6 Å². The Balaban J connectivity index is 2.46. The van der Waals surface area contributed by atoms with Gasteiger partial charge >= 0.3 is 11.6 Å². The molecule has 2 rings (SSSR count). The van der Waals surface area contributed by atoms with Gasteiger partial charge in [0.25, 0.3) is 0 Å². The summed E-state index contributed by atoms with van der Waals surface area (Å²) in [5, 5.41) is 14.1. The maximum absolute atomic E-state index is 11.3. The lowest BCUT2D eigenvalue weighted by Crippen LogP contribution is -2.06. The van der Waals surface area contributed by atoms with Crippen molar-refractivity contribution < 1.29 is 9.66 Å². The molecule has 0 aliphatic carbocycles. The van der Waals surface area contributed by atoms with Gasteiger partial charge in [-0.2, -0.15) is 4.98 Å². The van der Waals surface area contributed by atoms with E-state index < -0.39 is 4.92 Å². The molecule has 0 unspecified atom stereocenters. The average Bonchev–Trinajstić information content (AvgIpc) is 2.43. The number of hydrogen-bond acceptors (Lipinski definition) is 6. The highest BCUT2D eigenvalue weighted by atomic mass is 16.6. The molecule has 0 fully saturated rings. The van der Waals surface area contributed by atoms with Crippen LogP contribution >= 0.6 is 0 Å². The summed E-state index contributed by atoms with van der Waals surface area (Å²) in [7, 11) is 0. The van der Waals surface area contributed by atoms with E-state index in [2.05, 4.69) is 15.3 Å². The fraction of sp³-hybridized carbons (Fsp3) is 0.286. The topological polar surface area (TPSA) is 90.2 Å². The second-order valence-corrected chi connectivity index (χ2v) is 4.53. The van der Waals surface area contributed by atoms with Crippen LogP contribution in [0, 0.1) is 24.0 Å². The minimum atomic E-state index is -0.543. The van der Waals surface area contributed by atoms with Gasteiger partial charge in [0, 0.05) is 6.54 Å². The standard InChI is InChI=1S/C14H16N4O3/c1-4-15-13-12(18(19)20)14(17-8-16-13)21-11-7-9(2)5-6-10(11)3/h5-8H,4H2,1-3H3,(H,15,16,17). The molecule has 1 N–H and O–H groups in total. The molecule has 0 bridgehead atoms. The molecule has 21 heavy (non-hydrogen) atoms.